The average molecular weight is 293 g/mol. The van der Waals surface area contributed by atoms with E-state index >= 15 is 0 Å². The molecule has 0 saturated heterocycles. The van der Waals surface area contributed by atoms with Gasteiger partial charge in [0.2, 0.25) is 5.88 Å². The number of hydrogen-bond donors (Lipinski definition) is 0. The number of rotatable bonds is 3. The summed E-state index contributed by atoms with van der Waals surface area (Å²) in [6.07, 6.45) is 5.48. The summed E-state index contributed by atoms with van der Waals surface area (Å²) in [6, 6.07) is 10.2. The van der Waals surface area contributed by atoms with Crippen LogP contribution in [0.4, 0.5) is 0 Å². The third-order valence-corrected chi connectivity index (χ3v) is 3.83. The fourth-order valence-electron chi connectivity index (χ4n) is 2.69. The van der Waals surface area contributed by atoms with Gasteiger partial charge in [0.05, 0.1) is 20.3 Å². The van der Waals surface area contributed by atoms with Gasteiger partial charge in [0.15, 0.2) is 0 Å². The Hall–Kier alpha value is -2.66. The third-order valence-electron chi connectivity index (χ3n) is 3.83. The molecule has 110 valence electrons. The first kappa shape index (κ1) is 13.0. The molecule has 0 amide bonds. The lowest BCUT2D eigenvalue weighted by atomic mass is 10.1. The number of aromatic nitrogens is 3. The second kappa shape index (κ2) is 5.27. The normalized spacial score (nSPS) is 13.1. The van der Waals surface area contributed by atoms with Gasteiger partial charge < -0.3 is 9.47 Å². The zero-order chi connectivity index (χ0) is 14.9. The lowest BCUT2D eigenvalue weighted by Gasteiger charge is -2.10. The minimum atomic E-state index is 0.578. The van der Waals surface area contributed by atoms with Gasteiger partial charge in [-0.05, 0) is 29.3 Å². The first-order valence-corrected chi connectivity index (χ1v) is 7.09. The molecule has 1 aliphatic heterocycles. The first-order valence-electron chi connectivity index (χ1n) is 7.09. The molecule has 5 nitrogen and oxygen atoms in total. The number of methoxy groups -OCH3 is 1. The monoisotopic (exact) mass is 293 g/mol. The molecule has 0 aliphatic carbocycles. The Labute approximate surface area is 128 Å². The number of ether oxygens (including phenoxy) is 2. The number of hydrogen-bond acceptors (Lipinski definition) is 4. The predicted octanol–water partition coefficient (Wildman–Crippen LogP) is 2.97. The van der Waals surface area contributed by atoms with E-state index in [9.17, 15) is 0 Å². The summed E-state index contributed by atoms with van der Waals surface area (Å²) >= 11 is 0. The zero-order valence-corrected chi connectivity index (χ0v) is 12.2. The van der Waals surface area contributed by atoms with Crippen LogP contribution in [0, 0.1) is 0 Å². The Bertz CT molecular complexity index is 826. The molecule has 5 heteroatoms. The molecule has 0 N–H and O–H groups in total. The SMILES string of the molecule is COc1cc(-c2nccn2-c2ccc3c(c2)COC3)ccn1. The van der Waals surface area contributed by atoms with E-state index in [2.05, 4.69) is 32.7 Å². The highest BCUT2D eigenvalue weighted by atomic mass is 16.5. The molecule has 22 heavy (non-hydrogen) atoms. The molecule has 0 unspecified atom stereocenters. The fraction of sp³-hybridized carbons (Fsp3) is 0.176. The lowest BCUT2D eigenvalue weighted by Crippen LogP contribution is -1.98. The quantitative estimate of drug-likeness (QED) is 0.745. The summed E-state index contributed by atoms with van der Waals surface area (Å²) in [5.41, 5.74) is 4.54. The van der Waals surface area contributed by atoms with Crippen molar-refractivity contribution in [3.8, 4) is 23.0 Å². The molecule has 0 bridgehead atoms. The summed E-state index contributed by atoms with van der Waals surface area (Å²) < 4.78 is 12.7. The van der Waals surface area contributed by atoms with E-state index < -0.39 is 0 Å². The molecule has 3 aromatic rings. The minimum Gasteiger partial charge on any atom is -0.481 e. The maximum Gasteiger partial charge on any atom is 0.213 e. The average Bonchev–Trinajstić information content (AvgIpc) is 3.23. The highest BCUT2D eigenvalue weighted by Crippen LogP contribution is 2.27. The van der Waals surface area contributed by atoms with E-state index in [4.69, 9.17) is 9.47 Å². The van der Waals surface area contributed by atoms with Crippen LogP contribution in [-0.2, 0) is 18.0 Å². The zero-order valence-electron chi connectivity index (χ0n) is 12.2. The van der Waals surface area contributed by atoms with E-state index in [1.54, 1.807) is 19.5 Å². The van der Waals surface area contributed by atoms with Crippen molar-refractivity contribution in [2.75, 3.05) is 7.11 Å². The Morgan fingerprint density at radius 1 is 1.05 bits per heavy atom. The molecule has 2 aromatic heterocycles. The van der Waals surface area contributed by atoms with Gasteiger partial charge in [-0.15, -0.1) is 0 Å². The van der Waals surface area contributed by atoms with Gasteiger partial charge >= 0.3 is 0 Å². The molecule has 0 spiro atoms. The van der Waals surface area contributed by atoms with Crippen molar-refractivity contribution in [1.29, 1.82) is 0 Å². The molecular formula is C17H15N3O2. The second-order valence-electron chi connectivity index (χ2n) is 5.15. The van der Waals surface area contributed by atoms with Crippen LogP contribution >= 0.6 is 0 Å². The Balaban J connectivity index is 1.79. The smallest absolute Gasteiger partial charge is 0.213 e. The third kappa shape index (κ3) is 2.16. The maximum absolute atomic E-state index is 5.48. The van der Waals surface area contributed by atoms with Crippen molar-refractivity contribution >= 4 is 0 Å². The second-order valence-corrected chi connectivity index (χ2v) is 5.15. The van der Waals surface area contributed by atoms with E-state index in [-0.39, 0.29) is 0 Å². The first-order chi connectivity index (χ1) is 10.8. The number of pyridine rings is 1. The highest BCUT2D eigenvalue weighted by molar-refractivity contribution is 5.60. The molecule has 1 aliphatic rings. The Kier molecular flexibility index (Phi) is 3.12. The van der Waals surface area contributed by atoms with Gasteiger partial charge in [0.1, 0.15) is 5.82 Å². The summed E-state index contributed by atoms with van der Waals surface area (Å²) in [6.45, 7) is 1.38. The lowest BCUT2D eigenvalue weighted by molar-refractivity contribution is 0.134. The molecular weight excluding hydrogens is 278 g/mol. The van der Waals surface area contributed by atoms with Crippen LogP contribution in [0.15, 0.2) is 48.9 Å². The van der Waals surface area contributed by atoms with Gasteiger partial charge in [-0.25, -0.2) is 9.97 Å². The topological polar surface area (TPSA) is 49.2 Å². The summed E-state index contributed by atoms with van der Waals surface area (Å²) in [5, 5.41) is 0. The van der Waals surface area contributed by atoms with Crippen molar-refractivity contribution in [3.05, 3.63) is 60.0 Å². The highest BCUT2D eigenvalue weighted by Gasteiger charge is 2.14. The van der Waals surface area contributed by atoms with E-state index in [0.717, 1.165) is 17.1 Å². The van der Waals surface area contributed by atoms with Gasteiger partial charge in [0, 0.05) is 35.9 Å². The molecule has 1 aromatic carbocycles. The van der Waals surface area contributed by atoms with Crippen molar-refractivity contribution < 1.29 is 9.47 Å². The molecule has 0 saturated carbocycles. The van der Waals surface area contributed by atoms with Crippen molar-refractivity contribution in [3.63, 3.8) is 0 Å². The summed E-state index contributed by atoms with van der Waals surface area (Å²) in [4.78, 5) is 8.62. The van der Waals surface area contributed by atoms with Crippen LogP contribution in [0.5, 0.6) is 5.88 Å². The maximum atomic E-state index is 5.48. The Morgan fingerprint density at radius 3 is 2.86 bits per heavy atom. The molecule has 4 rings (SSSR count). The molecule has 0 atom stereocenters. The van der Waals surface area contributed by atoms with Crippen molar-refractivity contribution in [2.24, 2.45) is 0 Å². The van der Waals surface area contributed by atoms with E-state index in [1.807, 2.05) is 18.3 Å². The largest absolute Gasteiger partial charge is 0.481 e. The summed E-state index contributed by atoms with van der Waals surface area (Å²) in [7, 11) is 1.61. The molecule has 3 heterocycles. The van der Waals surface area contributed by atoms with Crippen LogP contribution in [-0.4, -0.2) is 21.6 Å². The van der Waals surface area contributed by atoms with Crippen LogP contribution in [0.25, 0.3) is 17.1 Å². The van der Waals surface area contributed by atoms with Crippen LogP contribution in [0.3, 0.4) is 0 Å². The number of fused-ring (bicyclic) bond motifs is 1. The van der Waals surface area contributed by atoms with E-state index in [1.165, 1.54) is 11.1 Å². The van der Waals surface area contributed by atoms with Crippen LogP contribution < -0.4 is 4.74 Å². The number of benzene rings is 1. The fourth-order valence-corrected chi connectivity index (χ4v) is 2.69. The van der Waals surface area contributed by atoms with Crippen LogP contribution in [0.1, 0.15) is 11.1 Å². The van der Waals surface area contributed by atoms with Gasteiger partial charge in [-0.3, -0.25) is 4.57 Å². The number of nitrogens with zero attached hydrogens (tertiary/aromatic N) is 3. The van der Waals surface area contributed by atoms with Gasteiger partial charge in [0.25, 0.3) is 0 Å². The van der Waals surface area contributed by atoms with Gasteiger partial charge in [-0.1, -0.05) is 6.07 Å². The van der Waals surface area contributed by atoms with Crippen molar-refractivity contribution in [1.82, 2.24) is 14.5 Å². The Morgan fingerprint density at radius 2 is 1.95 bits per heavy atom. The predicted molar refractivity (Wildman–Crippen MR) is 81.8 cm³/mol. The van der Waals surface area contributed by atoms with Gasteiger partial charge in [-0.2, -0.15) is 0 Å². The van der Waals surface area contributed by atoms with Crippen LogP contribution in [0.2, 0.25) is 0 Å². The van der Waals surface area contributed by atoms with E-state index in [0.29, 0.717) is 19.1 Å². The summed E-state index contributed by atoms with van der Waals surface area (Å²) in [5.74, 6) is 1.44. The number of imidazole rings is 1. The molecule has 0 radical (unpaired) electrons. The minimum absolute atomic E-state index is 0.578. The standard InChI is InChI=1S/C17H15N3O2/c1-21-16-9-12(4-5-18-16)17-19-6-7-20(17)15-3-2-13-10-22-11-14(13)8-15/h2-9H,10-11H2,1H3. The van der Waals surface area contributed by atoms with Crippen molar-refractivity contribution in [2.45, 2.75) is 13.2 Å². The molecule has 0 fully saturated rings.